The molecule has 1 fully saturated rings. The lowest BCUT2D eigenvalue weighted by Crippen LogP contribution is -2.53. The average Bonchev–Trinajstić information content (AvgIpc) is 3.40. The first-order chi connectivity index (χ1) is 21.7. The van der Waals surface area contributed by atoms with E-state index in [0.717, 1.165) is 42.2 Å². The molecule has 0 bridgehead atoms. The molecular weight excluding hydrogens is 586 g/mol. The van der Waals surface area contributed by atoms with Crippen LogP contribution >= 0.6 is 0 Å². The molecule has 0 radical (unpaired) electrons. The van der Waals surface area contributed by atoms with Crippen molar-refractivity contribution < 1.29 is 52.8 Å². The summed E-state index contributed by atoms with van der Waals surface area (Å²) in [4.78, 5) is 64.2. The Balaban J connectivity index is 1.52. The van der Waals surface area contributed by atoms with Gasteiger partial charge in [0.15, 0.2) is 23.8 Å². The molecule has 0 aromatic heterocycles. The van der Waals surface area contributed by atoms with Crippen molar-refractivity contribution in [3.8, 4) is 0 Å². The van der Waals surface area contributed by atoms with Gasteiger partial charge in [-0.15, -0.1) is 0 Å². The van der Waals surface area contributed by atoms with Gasteiger partial charge >= 0.3 is 12.1 Å². The number of cyclic esters (lactones) is 1. The van der Waals surface area contributed by atoms with Crippen LogP contribution in [0.15, 0.2) is 72.8 Å². The van der Waals surface area contributed by atoms with E-state index in [1.165, 1.54) is 0 Å². The summed E-state index contributed by atoms with van der Waals surface area (Å²) < 4.78 is 26.7. The smallest absolute Gasteiger partial charge is 0.417 e. The standard InChI is InChI=1S/C33H39NO11/c1-23(36)45-30(31(41-2)32(39)34-26(21-44-33(34)40)18-24-10-5-3-6-11-24)29(38)16-15-27(37)14-9-17-42-22-28(19-35)43-20-25-12-7-4-8-13-25/h3-8,10-13,15-16,26,28,30-31,35H,9,14,17-22H2,1-2H3/t26-,28-,30+,31-/m1/s1. The Morgan fingerprint density at radius 3 is 2.29 bits per heavy atom. The van der Waals surface area contributed by atoms with Crippen LogP contribution in [0.1, 0.15) is 30.9 Å². The summed E-state index contributed by atoms with van der Waals surface area (Å²) in [7, 11) is 1.14. The first kappa shape index (κ1) is 35.3. The number of esters is 1. The molecule has 0 unspecified atom stereocenters. The van der Waals surface area contributed by atoms with Gasteiger partial charge < -0.3 is 28.8 Å². The molecule has 12 nitrogen and oxygen atoms in total. The number of benzene rings is 2. The number of aliphatic hydroxyl groups is 1. The molecule has 242 valence electrons. The van der Waals surface area contributed by atoms with E-state index >= 15 is 0 Å². The number of aliphatic hydroxyl groups excluding tert-OH is 1. The van der Waals surface area contributed by atoms with E-state index in [1.807, 2.05) is 60.7 Å². The maximum absolute atomic E-state index is 13.5. The molecule has 4 atom stereocenters. The number of amides is 2. The van der Waals surface area contributed by atoms with Crippen molar-refractivity contribution in [3.05, 3.63) is 83.9 Å². The Bertz CT molecular complexity index is 1300. The largest absolute Gasteiger partial charge is 0.451 e. The molecule has 1 saturated heterocycles. The zero-order valence-electron chi connectivity index (χ0n) is 25.4. The normalized spacial score (nSPS) is 16.6. The molecule has 1 aliphatic heterocycles. The van der Waals surface area contributed by atoms with Crippen LogP contribution in [0.25, 0.3) is 0 Å². The van der Waals surface area contributed by atoms with Crippen LogP contribution in [0.5, 0.6) is 0 Å². The Morgan fingerprint density at radius 2 is 1.67 bits per heavy atom. The lowest BCUT2D eigenvalue weighted by Gasteiger charge is -2.27. The predicted molar refractivity (Wildman–Crippen MR) is 160 cm³/mol. The number of rotatable bonds is 19. The summed E-state index contributed by atoms with van der Waals surface area (Å²) in [5.74, 6) is -3.05. The van der Waals surface area contributed by atoms with E-state index in [-0.39, 0.29) is 32.8 Å². The van der Waals surface area contributed by atoms with Gasteiger partial charge in [-0.05, 0) is 36.1 Å². The summed E-state index contributed by atoms with van der Waals surface area (Å²) in [6.45, 7) is 1.46. The zero-order chi connectivity index (χ0) is 32.6. The quantitative estimate of drug-likeness (QED) is 0.139. The first-order valence-corrected chi connectivity index (χ1v) is 14.6. The maximum atomic E-state index is 13.5. The Kier molecular flexibility index (Phi) is 14.5. The van der Waals surface area contributed by atoms with Crippen LogP contribution in [0.4, 0.5) is 4.79 Å². The highest BCUT2D eigenvalue weighted by Gasteiger charge is 2.46. The molecular formula is C33H39NO11. The van der Waals surface area contributed by atoms with Gasteiger partial charge in [0, 0.05) is 27.1 Å². The van der Waals surface area contributed by atoms with Crippen LogP contribution in [0.2, 0.25) is 0 Å². The SMILES string of the molecule is CO[C@@H](C(=O)N1C(=O)OC[C@H]1Cc1ccccc1)[C@@H](OC(C)=O)C(=O)C=CC(=O)CCCOC[C@@H](CO)OCc1ccccc1. The number of hydrogen-bond acceptors (Lipinski definition) is 11. The monoisotopic (exact) mass is 625 g/mol. The van der Waals surface area contributed by atoms with Gasteiger partial charge in [-0.25, -0.2) is 9.69 Å². The van der Waals surface area contributed by atoms with Gasteiger partial charge in [-0.3, -0.25) is 19.2 Å². The van der Waals surface area contributed by atoms with Crippen LogP contribution in [-0.4, -0.2) is 97.4 Å². The summed E-state index contributed by atoms with van der Waals surface area (Å²) in [6.07, 6.45) is -2.21. The van der Waals surface area contributed by atoms with E-state index in [9.17, 15) is 29.1 Å². The Hall–Kier alpha value is -4.23. The van der Waals surface area contributed by atoms with Gasteiger partial charge in [0.25, 0.3) is 5.91 Å². The summed E-state index contributed by atoms with van der Waals surface area (Å²) >= 11 is 0. The van der Waals surface area contributed by atoms with Crippen LogP contribution in [-0.2, 0) is 55.9 Å². The third kappa shape index (κ3) is 11.3. The highest BCUT2D eigenvalue weighted by Crippen LogP contribution is 2.21. The van der Waals surface area contributed by atoms with Crippen molar-refractivity contribution in [3.63, 3.8) is 0 Å². The summed E-state index contributed by atoms with van der Waals surface area (Å²) in [6, 6.07) is 18.0. The molecule has 1 aliphatic rings. The molecule has 45 heavy (non-hydrogen) atoms. The highest BCUT2D eigenvalue weighted by molar-refractivity contribution is 6.05. The number of hydrogen-bond donors (Lipinski definition) is 1. The molecule has 0 saturated carbocycles. The second-order valence-corrected chi connectivity index (χ2v) is 10.3. The van der Waals surface area contributed by atoms with Crippen molar-refractivity contribution in [2.24, 2.45) is 0 Å². The van der Waals surface area contributed by atoms with Gasteiger partial charge in [-0.1, -0.05) is 60.7 Å². The summed E-state index contributed by atoms with van der Waals surface area (Å²) in [5, 5.41) is 9.52. The fourth-order valence-corrected chi connectivity index (χ4v) is 4.56. The third-order valence-corrected chi connectivity index (χ3v) is 6.84. The van der Waals surface area contributed by atoms with Gasteiger partial charge in [0.1, 0.15) is 12.7 Å². The topological polar surface area (TPSA) is 155 Å². The Morgan fingerprint density at radius 1 is 1.00 bits per heavy atom. The molecule has 3 rings (SSSR count). The average molecular weight is 626 g/mol. The first-order valence-electron chi connectivity index (χ1n) is 14.6. The number of imide groups is 1. The fraction of sp³-hybridized carbons (Fsp3) is 0.424. The highest BCUT2D eigenvalue weighted by atomic mass is 16.6. The predicted octanol–water partition coefficient (Wildman–Crippen LogP) is 2.59. The number of carbonyl (C=O) groups is 5. The minimum Gasteiger partial charge on any atom is -0.451 e. The second-order valence-electron chi connectivity index (χ2n) is 10.3. The van der Waals surface area contributed by atoms with Crippen molar-refractivity contribution in [1.29, 1.82) is 0 Å². The molecule has 1 N–H and O–H groups in total. The van der Waals surface area contributed by atoms with Crippen molar-refractivity contribution in [2.75, 3.05) is 33.5 Å². The number of ketones is 2. The van der Waals surface area contributed by atoms with Gasteiger partial charge in [-0.2, -0.15) is 0 Å². The fourth-order valence-electron chi connectivity index (χ4n) is 4.56. The number of nitrogens with zero attached hydrogens (tertiary/aromatic N) is 1. The van der Waals surface area contributed by atoms with Crippen molar-refractivity contribution in [1.82, 2.24) is 4.90 Å². The lowest BCUT2D eigenvalue weighted by atomic mass is 10.0. The van der Waals surface area contributed by atoms with Crippen LogP contribution in [0.3, 0.4) is 0 Å². The molecule has 12 heteroatoms. The third-order valence-electron chi connectivity index (χ3n) is 6.84. The summed E-state index contributed by atoms with van der Waals surface area (Å²) in [5.41, 5.74) is 1.82. The molecule has 2 amide bonds. The number of ether oxygens (including phenoxy) is 5. The molecule has 0 aliphatic carbocycles. The van der Waals surface area contributed by atoms with Crippen molar-refractivity contribution in [2.45, 2.75) is 57.1 Å². The van der Waals surface area contributed by atoms with Crippen LogP contribution in [0, 0.1) is 0 Å². The zero-order valence-corrected chi connectivity index (χ0v) is 25.4. The minimum atomic E-state index is -1.75. The minimum absolute atomic E-state index is 0.0457. The van der Waals surface area contributed by atoms with Crippen LogP contribution < -0.4 is 0 Å². The number of allylic oxidation sites excluding steroid dienone is 1. The molecule has 1 heterocycles. The van der Waals surface area contributed by atoms with E-state index in [0.29, 0.717) is 19.4 Å². The molecule has 2 aromatic rings. The van der Waals surface area contributed by atoms with Gasteiger partial charge in [0.05, 0.1) is 25.9 Å². The molecule has 2 aromatic carbocycles. The van der Waals surface area contributed by atoms with E-state index in [4.69, 9.17) is 23.7 Å². The Labute approximate surface area is 261 Å². The molecule has 0 spiro atoms. The number of carbonyl (C=O) groups excluding carboxylic acids is 5. The van der Waals surface area contributed by atoms with E-state index in [1.54, 1.807) is 0 Å². The van der Waals surface area contributed by atoms with Crippen molar-refractivity contribution >= 4 is 29.5 Å². The maximum Gasteiger partial charge on any atom is 0.417 e. The lowest BCUT2D eigenvalue weighted by molar-refractivity contribution is -0.166. The van der Waals surface area contributed by atoms with Gasteiger partial charge in [0.2, 0.25) is 0 Å². The van der Waals surface area contributed by atoms with E-state index in [2.05, 4.69) is 0 Å². The van der Waals surface area contributed by atoms with E-state index < -0.39 is 53.9 Å². The second kappa shape index (κ2) is 18.5. The number of methoxy groups -OCH3 is 1.